The van der Waals surface area contributed by atoms with Gasteiger partial charge < -0.3 is 4.74 Å². The summed E-state index contributed by atoms with van der Waals surface area (Å²) in [5, 5.41) is 0. The van der Waals surface area contributed by atoms with E-state index >= 15 is 0 Å². The molecule has 4 amide bonds. The number of ether oxygens (including phenoxy) is 1. The summed E-state index contributed by atoms with van der Waals surface area (Å²) in [6.07, 6.45) is 0. The van der Waals surface area contributed by atoms with Crippen LogP contribution in [0.5, 0.6) is 5.75 Å². The van der Waals surface area contributed by atoms with Gasteiger partial charge in [-0.05, 0) is 61.0 Å². The molecule has 1 heterocycles. The Balaban J connectivity index is 1.33. The number of fused-ring (bicyclic) bond motifs is 1. The van der Waals surface area contributed by atoms with Crippen LogP contribution in [0.25, 0.3) is 0 Å². The average Bonchev–Trinajstić information content (AvgIpc) is 3.08. The number of carbonyl (C=O) groups is 4. The van der Waals surface area contributed by atoms with Crippen LogP contribution in [0.15, 0.2) is 72.8 Å². The van der Waals surface area contributed by atoms with Gasteiger partial charge in [0.15, 0.2) is 0 Å². The Bertz CT molecular complexity index is 1180. The second kappa shape index (κ2) is 9.35. The third-order valence-electron chi connectivity index (χ3n) is 5.15. The Kier molecular flexibility index (Phi) is 6.17. The Morgan fingerprint density at radius 1 is 0.758 bits per heavy atom. The molecule has 0 bridgehead atoms. The Morgan fingerprint density at radius 3 is 1.73 bits per heavy atom. The highest BCUT2D eigenvalue weighted by Crippen LogP contribution is 2.24. The molecular formula is C25H21N3O5. The smallest absolute Gasteiger partial charge is 0.269 e. The lowest BCUT2D eigenvalue weighted by Gasteiger charge is -2.14. The zero-order chi connectivity index (χ0) is 23.4. The summed E-state index contributed by atoms with van der Waals surface area (Å²) in [4.78, 5) is 50.8. The molecule has 0 saturated heterocycles. The lowest BCUT2D eigenvalue weighted by atomic mass is 10.1. The summed E-state index contributed by atoms with van der Waals surface area (Å²) in [6, 6.07) is 19.7. The monoisotopic (exact) mass is 443 g/mol. The third kappa shape index (κ3) is 4.59. The van der Waals surface area contributed by atoms with Crippen LogP contribution >= 0.6 is 0 Å². The molecule has 3 aromatic carbocycles. The number of hydrogen-bond donors (Lipinski definition) is 2. The molecule has 166 valence electrons. The number of amides is 4. The van der Waals surface area contributed by atoms with E-state index in [0.29, 0.717) is 40.2 Å². The molecule has 4 rings (SSSR count). The molecule has 8 heteroatoms. The van der Waals surface area contributed by atoms with Crippen LogP contribution in [0.4, 0.5) is 0 Å². The summed E-state index contributed by atoms with van der Waals surface area (Å²) in [5.74, 6) is -0.988. The Hall–Kier alpha value is -4.46. The maximum absolute atomic E-state index is 12.5. The first-order valence-corrected chi connectivity index (χ1v) is 10.4. The molecule has 33 heavy (non-hydrogen) atoms. The van der Waals surface area contributed by atoms with Crippen molar-refractivity contribution in [2.24, 2.45) is 0 Å². The molecule has 1 aliphatic heterocycles. The number of nitrogens with one attached hydrogen (secondary N) is 2. The van der Waals surface area contributed by atoms with Crippen molar-refractivity contribution in [2.75, 3.05) is 6.61 Å². The van der Waals surface area contributed by atoms with Gasteiger partial charge in [0.1, 0.15) is 5.75 Å². The van der Waals surface area contributed by atoms with E-state index in [9.17, 15) is 19.2 Å². The van der Waals surface area contributed by atoms with Gasteiger partial charge in [0.25, 0.3) is 23.6 Å². The molecular weight excluding hydrogens is 422 g/mol. The molecule has 0 unspecified atom stereocenters. The number of benzene rings is 3. The molecule has 0 spiro atoms. The predicted octanol–water partition coefficient (Wildman–Crippen LogP) is 2.96. The summed E-state index contributed by atoms with van der Waals surface area (Å²) in [5.41, 5.74) is 6.89. The van der Waals surface area contributed by atoms with Crippen molar-refractivity contribution in [3.05, 3.63) is 101 Å². The van der Waals surface area contributed by atoms with E-state index in [2.05, 4.69) is 10.9 Å². The van der Waals surface area contributed by atoms with Gasteiger partial charge in [-0.3, -0.25) is 34.9 Å². The van der Waals surface area contributed by atoms with Gasteiger partial charge in [0.05, 0.1) is 24.3 Å². The van der Waals surface area contributed by atoms with Crippen molar-refractivity contribution >= 4 is 23.6 Å². The topological polar surface area (TPSA) is 105 Å². The fraction of sp³-hybridized carbons (Fsp3) is 0.120. The lowest BCUT2D eigenvalue weighted by molar-refractivity contribution is 0.0641. The molecule has 0 fully saturated rings. The minimum absolute atomic E-state index is 0.0999. The average molecular weight is 443 g/mol. The number of carbonyl (C=O) groups excluding carboxylic acids is 4. The molecule has 0 radical (unpaired) electrons. The molecule has 0 aromatic heterocycles. The van der Waals surface area contributed by atoms with Crippen LogP contribution in [-0.4, -0.2) is 35.1 Å². The van der Waals surface area contributed by atoms with Crippen molar-refractivity contribution in [1.82, 2.24) is 15.8 Å². The van der Waals surface area contributed by atoms with Gasteiger partial charge in [-0.25, -0.2) is 0 Å². The third-order valence-corrected chi connectivity index (χ3v) is 5.15. The molecule has 2 N–H and O–H groups in total. The maximum Gasteiger partial charge on any atom is 0.269 e. The van der Waals surface area contributed by atoms with Crippen LogP contribution in [0.3, 0.4) is 0 Å². The largest absolute Gasteiger partial charge is 0.494 e. The quantitative estimate of drug-likeness (QED) is 0.450. The highest BCUT2D eigenvalue weighted by molar-refractivity contribution is 6.21. The number of hydrazine groups is 1. The van der Waals surface area contributed by atoms with E-state index in [4.69, 9.17) is 4.74 Å². The van der Waals surface area contributed by atoms with E-state index in [-0.39, 0.29) is 18.4 Å². The lowest BCUT2D eigenvalue weighted by Crippen LogP contribution is -2.41. The minimum atomic E-state index is -0.499. The number of rotatable bonds is 6. The summed E-state index contributed by atoms with van der Waals surface area (Å²) >= 11 is 0. The first-order valence-electron chi connectivity index (χ1n) is 10.4. The zero-order valence-corrected chi connectivity index (χ0v) is 17.8. The standard InChI is InChI=1S/C25H21N3O5/c1-2-33-19-13-11-18(12-14-19)23(30)27-26-22(29)17-9-7-16(8-10-17)15-28-24(31)20-5-3-4-6-21(20)25(28)32/h3-14H,2,15H2,1H3,(H,26,29)(H,27,30). The SMILES string of the molecule is CCOc1ccc(C(=O)NNC(=O)c2ccc(CN3C(=O)c4ccccc4C3=O)cc2)cc1. The normalized spacial score (nSPS) is 12.3. The van der Waals surface area contributed by atoms with Crippen LogP contribution in [0.1, 0.15) is 53.9 Å². The Labute approximate surface area is 190 Å². The summed E-state index contributed by atoms with van der Waals surface area (Å²) in [6.45, 7) is 2.49. The molecule has 8 nitrogen and oxygen atoms in total. The van der Waals surface area contributed by atoms with Crippen molar-refractivity contribution in [3.63, 3.8) is 0 Å². The van der Waals surface area contributed by atoms with E-state index in [1.165, 1.54) is 4.90 Å². The summed E-state index contributed by atoms with van der Waals surface area (Å²) < 4.78 is 5.33. The fourth-order valence-corrected chi connectivity index (χ4v) is 3.45. The fourth-order valence-electron chi connectivity index (χ4n) is 3.45. The predicted molar refractivity (Wildman–Crippen MR) is 120 cm³/mol. The highest BCUT2D eigenvalue weighted by atomic mass is 16.5. The summed E-state index contributed by atoms with van der Waals surface area (Å²) in [7, 11) is 0. The minimum Gasteiger partial charge on any atom is -0.494 e. The van der Waals surface area contributed by atoms with Crippen molar-refractivity contribution in [2.45, 2.75) is 13.5 Å². The van der Waals surface area contributed by atoms with Crippen LogP contribution in [0.2, 0.25) is 0 Å². The molecule has 3 aromatic rings. The van der Waals surface area contributed by atoms with E-state index in [0.717, 1.165) is 0 Å². The molecule has 0 atom stereocenters. The number of hydrogen-bond acceptors (Lipinski definition) is 5. The van der Waals surface area contributed by atoms with E-state index in [1.807, 2.05) is 6.92 Å². The number of nitrogens with zero attached hydrogens (tertiary/aromatic N) is 1. The maximum atomic E-state index is 12.5. The van der Waals surface area contributed by atoms with Crippen molar-refractivity contribution in [1.29, 1.82) is 0 Å². The zero-order valence-electron chi connectivity index (χ0n) is 17.8. The molecule has 1 aliphatic rings. The van der Waals surface area contributed by atoms with Gasteiger partial charge in [-0.1, -0.05) is 24.3 Å². The van der Waals surface area contributed by atoms with E-state index < -0.39 is 11.8 Å². The second-order valence-corrected chi connectivity index (χ2v) is 7.30. The van der Waals surface area contributed by atoms with Gasteiger partial charge in [-0.15, -0.1) is 0 Å². The van der Waals surface area contributed by atoms with E-state index in [1.54, 1.807) is 72.8 Å². The molecule has 0 aliphatic carbocycles. The highest BCUT2D eigenvalue weighted by Gasteiger charge is 2.34. The van der Waals surface area contributed by atoms with Gasteiger partial charge in [-0.2, -0.15) is 0 Å². The second-order valence-electron chi connectivity index (χ2n) is 7.30. The number of imide groups is 1. The van der Waals surface area contributed by atoms with Crippen LogP contribution < -0.4 is 15.6 Å². The first-order chi connectivity index (χ1) is 16.0. The van der Waals surface area contributed by atoms with Crippen molar-refractivity contribution < 1.29 is 23.9 Å². The van der Waals surface area contributed by atoms with Crippen LogP contribution in [0, 0.1) is 0 Å². The van der Waals surface area contributed by atoms with Gasteiger partial charge in [0, 0.05) is 11.1 Å². The van der Waals surface area contributed by atoms with Gasteiger partial charge in [0.2, 0.25) is 0 Å². The Morgan fingerprint density at radius 2 is 1.24 bits per heavy atom. The first kappa shape index (κ1) is 21.8. The van der Waals surface area contributed by atoms with Crippen LogP contribution in [-0.2, 0) is 6.54 Å². The van der Waals surface area contributed by atoms with Crippen molar-refractivity contribution in [3.8, 4) is 5.75 Å². The molecule has 0 saturated carbocycles. The van der Waals surface area contributed by atoms with Gasteiger partial charge >= 0.3 is 0 Å².